The lowest BCUT2D eigenvalue weighted by Crippen LogP contribution is -2.70. The minimum atomic E-state index is -3.71. The molecule has 1 aliphatic carbocycles. The van der Waals surface area contributed by atoms with Crippen molar-refractivity contribution in [2.45, 2.75) is 42.3 Å². The fourth-order valence-corrected chi connectivity index (χ4v) is 5.97. The fraction of sp³-hybridized carbons (Fsp3) is 0.588. The zero-order valence-corrected chi connectivity index (χ0v) is 15.0. The van der Waals surface area contributed by atoms with Gasteiger partial charge in [0.15, 0.2) is 5.58 Å². The summed E-state index contributed by atoms with van der Waals surface area (Å²) in [6.45, 7) is 2.68. The zero-order chi connectivity index (χ0) is 17.9. The second kappa shape index (κ2) is 5.91. The van der Waals surface area contributed by atoms with Crippen molar-refractivity contribution < 1.29 is 17.6 Å². The summed E-state index contributed by atoms with van der Waals surface area (Å²) in [6.07, 6.45) is 3.31. The van der Waals surface area contributed by atoms with Crippen LogP contribution in [0.3, 0.4) is 0 Å². The van der Waals surface area contributed by atoms with Gasteiger partial charge in [-0.05, 0) is 44.5 Å². The van der Waals surface area contributed by atoms with Crippen LogP contribution in [0.1, 0.15) is 19.3 Å². The first kappa shape index (κ1) is 16.5. The van der Waals surface area contributed by atoms with E-state index in [1.807, 2.05) is 0 Å². The number of ether oxygens (including phenoxy) is 1. The number of aromatic amines is 1. The van der Waals surface area contributed by atoms with E-state index in [4.69, 9.17) is 9.15 Å². The van der Waals surface area contributed by atoms with E-state index in [0.29, 0.717) is 12.1 Å². The third-order valence-corrected chi connectivity index (χ3v) is 7.36. The summed E-state index contributed by atoms with van der Waals surface area (Å²) in [5.74, 6) is -0.370. The molecule has 3 aliphatic rings. The molecule has 9 heteroatoms. The summed E-state index contributed by atoms with van der Waals surface area (Å²) < 4.78 is 39.6. The molecule has 0 unspecified atom stereocenters. The van der Waals surface area contributed by atoms with Gasteiger partial charge >= 0.3 is 5.76 Å². The number of oxazole rings is 1. The highest BCUT2D eigenvalue weighted by Gasteiger charge is 2.57. The number of rotatable bonds is 4. The molecule has 4 atom stereocenters. The lowest BCUT2D eigenvalue weighted by atomic mass is 9.71. The fourth-order valence-electron chi connectivity index (χ4n) is 4.65. The van der Waals surface area contributed by atoms with Gasteiger partial charge in [-0.2, -0.15) is 0 Å². The Hall–Kier alpha value is -1.68. The van der Waals surface area contributed by atoms with Crippen LogP contribution >= 0.6 is 0 Å². The maximum absolute atomic E-state index is 12.9. The normalized spacial score (nSPS) is 32.0. The molecule has 0 bridgehead atoms. The van der Waals surface area contributed by atoms with Gasteiger partial charge in [-0.25, -0.2) is 17.9 Å². The standard InChI is InChI=1S/C17H21N3O5S/c21-17-18-12-4-3-10(9-13(12)25-17)26(22,23)19-14-11-5-8-24-16(11)15(14)20-6-1-2-7-20/h3-4,9,11,14-16,19H,1-2,5-8H2,(H,18,21)/t11-,14+,15-,16-/m1/s1. The Bertz CT molecular complexity index is 986. The van der Waals surface area contributed by atoms with E-state index in [1.165, 1.54) is 12.1 Å². The molecule has 2 aliphatic heterocycles. The summed E-state index contributed by atoms with van der Waals surface area (Å²) >= 11 is 0. The molecule has 0 radical (unpaired) electrons. The molecule has 2 aromatic rings. The lowest BCUT2D eigenvalue weighted by Gasteiger charge is -2.51. The SMILES string of the molecule is O=c1[nH]c2ccc(S(=O)(=O)N[C@H]3[C@H]4CCO[C@H]4[C@@H]3N3CCCC3)cc2o1. The molecule has 3 fully saturated rings. The van der Waals surface area contributed by atoms with E-state index < -0.39 is 15.8 Å². The second-order valence-electron chi connectivity index (χ2n) is 7.34. The second-order valence-corrected chi connectivity index (χ2v) is 9.06. The van der Waals surface area contributed by atoms with Gasteiger partial charge in [0.25, 0.3) is 0 Å². The first-order valence-corrected chi connectivity index (χ1v) is 10.5. The van der Waals surface area contributed by atoms with E-state index in [-0.39, 0.29) is 34.6 Å². The van der Waals surface area contributed by atoms with Crippen LogP contribution in [0.25, 0.3) is 11.1 Å². The minimum absolute atomic E-state index is 0.105. The summed E-state index contributed by atoms with van der Waals surface area (Å²) in [5, 5.41) is 0. The number of nitrogens with one attached hydrogen (secondary N) is 2. The van der Waals surface area contributed by atoms with Crippen molar-refractivity contribution in [1.29, 1.82) is 0 Å². The van der Waals surface area contributed by atoms with Crippen LogP contribution in [-0.4, -0.2) is 56.2 Å². The molecular weight excluding hydrogens is 358 g/mol. The molecule has 8 nitrogen and oxygen atoms in total. The Morgan fingerprint density at radius 1 is 1.23 bits per heavy atom. The monoisotopic (exact) mass is 379 g/mol. The van der Waals surface area contributed by atoms with Crippen LogP contribution in [0.15, 0.2) is 32.3 Å². The van der Waals surface area contributed by atoms with Gasteiger partial charge in [0.05, 0.1) is 22.6 Å². The summed E-state index contributed by atoms with van der Waals surface area (Å²) in [5.41, 5.74) is 0.724. The maximum atomic E-state index is 12.9. The van der Waals surface area contributed by atoms with E-state index in [9.17, 15) is 13.2 Å². The molecule has 26 heavy (non-hydrogen) atoms. The van der Waals surface area contributed by atoms with Gasteiger partial charge < -0.3 is 9.15 Å². The number of sulfonamides is 1. The van der Waals surface area contributed by atoms with Crippen molar-refractivity contribution in [1.82, 2.24) is 14.6 Å². The molecule has 0 amide bonds. The Labute approximate surface area is 150 Å². The van der Waals surface area contributed by atoms with E-state index >= 15 is 0 Å². The van der Waals surface area contributed by atoms with Crippen molar-refractivity contribution in [3.05, 3.63) is 28.7 Å². The number of fused-ring (bicyclic) bond motifs is 2. The minimum Gasteiger partial charge on any atom is -0.408 e. The molecular formula is C17H21N3O5S. The topological polar surface area (TPSA) is 105 Å². The first-order valence-electron chi connectivity index (χ1n) is 9.04. The smallest absolute Gasteiger partial charge is 0.408 e. The Morgan fingerprint density at radius 3 is 2.85 bits per heavy atom. The van der Waals surface area contributed by atoms with Crippen LogP contribution in [0.4, 0.5) is 0 Å². The summed E-state index contributed by atoms with van der Waals surface area (Å²) in [7, 11) is -3.71. The van der Waals surface area contributed by atoms with Crippen LogP contribution < -0.4 is 10.5 Å². The van der Waals surface area contributed by atoms with Crippen LogP contribution in [0.5, 0.6) is 0 Å². The van der Waals surface area contributed by atoms with E-state index in [2.05, 4.69) is 14.6 Å². The van der Waals surface area contributed by atoms with Crippen molar-refractivity contribution >= 4 is 21.1 Å². The third kappa shape index (κ3) is 2.53. The van der Waals surface area contributed by atoms with Gasteiger partial charge in [0, 0.05) is 24.6 Å². The average molecular weight is 379 g/mol. The quantitative estimate of drug-likeness (QED) is 0.808. The van der Waals surface area contributed by atoms with Gasteiger partial charge in [0.1, 0.15) is 0 Å². The summed E-state index contributed by atoms with van der Waals surface area (Å²) in [6, 6.07) is 4.40. The third-order valence-electron chi connectivity index (χ3n) is 5.91. The molecule has 1 aromatic carbocycles. The summed E-state index contributed by atoms with van der Waals surface area (Å²) in [4.78, 5) is 16.3. The average Bonchev–Trinajstić information content (AvgIpc) is 3.31. The van der Waals surface area contributed by atoms with Crippen LogP contribution in [0, 0.1) is 5.92 Å². The van der Waals surface area contributed by atoms with Gasteiger partial charge in [-0.15, -0.1) is 0 Å². The van der Waals surface area contributed by atoms with E-state index in [0.717, 1.165) is 32.4 Å². The lowest BCUT2D eigenvalue weighted by molar-refractivity contribution is -0.0712. The highest BCUT2D eigenvalue weighted by molar-refractivity contribution is 7.89. The largest absolute Gasteiger partial charge is 0.417 e. The van der Waals surface area contributed by atoms with Crippen molar-refractivity contribution in [2.75, 3.05) is 19.7 Å². The van der Waals surface area contributed by atoms with Gasteiger partial charge in [0.2, 0.25) is 10.0 Å². The number of nitrogens with zero attached hydrogens (tertiary/aromatic N) is 1. The van der Waals surface area contributed by atoms with Crippen LogP contribution in [-0.2, 0) is 14.8 Å². The van der Waals surface area contributed by atoms with Gasteiger partial charge in [-0.1, -0.05) is 0 Å². The van der Waals surface area contributed by atoms with Crippen LogP contribution in [0.2, 0.25) is 0 Å². The van der Waals surface area contributed by atoms with Gasteiger partial charge in [-0.3, -0.25) is 9.88 Å². The number of aromatic nitrogens is 1. The number of likely N-dealkylation sites (tertiary alicyclic amines) is 1. The van der Waals surface area contributed by atoms with Crippen molar-refractivity contribution in [2.24, 2.45) is 5.92 Å². The number of H-pyrrole nitrogens is 1. The zero-order valence-electron chi connectivity index (χ0n) is 14.2. The number of benzene rings is 1. The Balaban J connectivity index is 1.43. The highest BCUT2D eigenvalue weighted by Crippen LogP contribution is 2.43. The maximum Gasteiger partial charge on any atom is 0.417 e. The Morgan fingerprint density at radius 2 is 2.04 bits per heavy atom. The molecule has 2 saturated heterocycles. The number of hydrogen-bond donors (Lipinski definition) is 2. The predicted molar refractivity (Wildman–Crippen MR) is 93.4 cm³/mol. The molecule has 0 spiro atoms. The molecule has 3 heterocycles. The number of hydrogen-bond acceptors (Lipinski definition) is 6. The molecule has 140 valence electrons. The highest BCUT2D eigenvalue weighted by atomic mass is 32.2. The molecule has 2 N–H and O–H groups in total. The predicted octanol–water partition coefficient (Wildman–Crippen LogP) is 0.651. The Kier molecular flexibility index (Phi) is 3.75. The van der Waals surface area contributed by atoms with Crippen molar-refractivity contribution in [3.8, 4) is 0 Å². The van der Waals surface area contributed by atoms with E-state index in [1.54, 1.807) is 6.07 Å². The molecule has 1 saturated carbocycles. The molecule has 1 aromatic heterocycles. The first-order chi connectivity index (χ1) is 12.5. The van der Waals surface area contributed by atoms with Crippen molar-refractivity contribution in [3.63, 3.8) is 0 Å². The molecule has 5 rings (SSSR count).